The van der Waals surface area contributed by atoms with Crippen LogP contribution in [0.2, 0.25) is 0 Å². The Labute approximate surface area is 263 Å². The molecule has 0 heterocycles. The number of aliphatic hydroxyl groups is 1. The summed E-state index contributed by atoms with van der Waals surface area (Å²) in [6.45, 7) is 13.2. The van der Waals surface area contributed by atoms with Crippen molar-refractivity contribution in [3.05, 3.63) is 0 Å². The lowest BCUT2D eigenvalue weighted by atomic mass is 9.43. The van der Waals surface area contributed by atoms with Crippen LogP contribution in [0.15, 0.2) is 0 Å². The van der Waals surface area contributed by atoms with Gasteiger partial charge in [-0.15, -0.1) is 0 Å². The molecule has 4 rings (SSSR count). The second kappa shape index (κ2) is 14.1. The summed E-state index contributed by atoms with van der Waals surface area (Å²) >= 11 is 0. The standard InChI is InChI=1S/C35H56O9/c1-20(9-8-10-25(18-41-21(2)36)19-42-22(3)37)28-11-12-29-33-30(17-32(40)35(28,29)7)34(6)14-13-27(43-23(4)38)15-26(34)16-31(33)44-24(5)39/h20,25-33,40H,8-19H2,1-7H3/t20?,26-,27-,28-,29+,30+,31-,32+,33+,34?,35?/m1/s1. The van der Waals surface area contributed by atoms with Gasteiger partial charge in [-0.1, -0.05) is 33.6 Å². The summed E-state index contributed by atoms with van der Waals surface area (Å²) in [5.41, 5.74) is -0.269. The summed E-state index contributed by atoms with van der Waals surface area (Å²) in [6.07, 6.45) is 8.03. The van der Waals surface area contributed by atoms with E-state index in [1.165, 1.54) is 27.7 Å². The first-order valence-electron chi connectivity index (χ1n) is 17.0. The van der Waals surface area contributed by atoms with Crippen molar-refractivity contribution >= 4 is 23.9 Å². The lowest BCUT2D eigenvalue weighted by Gasteiger charge is -2.64. The maximum absolute atomic E-state index is 12.4. The van der Waals surface area contributed by atoms with Crippen molar-refractivity contribution in [1.82, 2.24) is 0 Å². The van der Waals surface area contributed by atoms with E-state index in [9.17, 15) is 24.3 Å². The van der Waals surface area contributed by atoms with Crippen LogP contribution >= 0.6 is 0 Å². The number of rotatable bonds is 11. The van der Waals surface area contributed by atoms with E-state index in [0.717, 1.165) is 57.8 Å². The number of carbonyl (C=O) groups excluding carboxylic acids is 4. The average Bonchev–Trinajstić information content (AvgIpc) is 3.28. The zero-order chi connectivity index (χ0) is 32.4. The minimum Gasteiger partial charge on any atom is -0.465 e. The molecule has 0 spiro atoms. The van der Waals surface area contributed by atoms with Gasteiger partial charge in [0, 0.05) is 39.5 Å². The van der Waals surface area contributed by atoms with Crippen LogP contribution in [-0.2, 0) is 38.1 Å². The van der Waals surface area contributed by atoms with Crippen molar-refractivity contribution in [2.45, 2.75) is 131 Å². The van der Waals surface area contributed by atoms with Gasteiger partial charge in [0.05, 0.1) is 19.3 Å². The maximum Gasteiger partial charge on any atom is 0.302 e. The summed E-state index contributed by atoms with van der Waals surface area (Å²) in [5.74, 6) is 0.469. The van der Waals surface area contributed by atoms with Gasteiger partial charge in [-0.05, 0) is 91.8 Å². The number of fused-ring (bicyclic) bond motifs is 5. The van der Waals surface area contributed by atoms with E-state index in [-0.39, 0.29) is 89.7 Å². The van der Waals surface area contributed by atoms with Crippen molar-refractivity contribution in [1.29, 1.82) is 0 Å². The number of aliphatic hydroxyl groups excluding tert-OH is 1. The molecule has 9 heteroatoms. The van der Waals surface area contributed by atoms with Gasteiger partial charge in [0.15, 0.2) is 0 Å². The van der Waals surface area contributed by atoms with E-state index < -0.39 is 6.10 Å². The summed E-state index contributed by atoms with van der Waals surface area (Å²) < 4.78 is 22.2. The third kappa shape index (κ3) is 7.28. The number of esters is 4. The fourth-order valence-electron chi connectivity index (χ4n) is 10.4. The highest BCUT2D eigenvalue weighted by Crippen LogP contribution is 2.69. The quantitative estimate of drug-likeness (QED) is 0.231. The van der Waals surface area contributed by atoms with Gasteiger partial charge in [-0.3, -0.25) is 19.2 Å². The number of hydrogen-bond acceptors (Lipinski definition) is 9. The molecule has 4 aliphatic carbocycles. The molecular formula is C35H56O9. The molecule has 0 aromatic rings. The molecule has 0 amide bonds. The summed E-state index contributed by atoms with van der Waals surface area (Å²) in [5, 5.41) is 12.0. The van der Waals surface area contributed by atoms with Crippen LogP contribution in [0.4, 0.5) is 0 Å². The van der Waals surface area contributed by atoms with E-state index in [0.29, 0.717) is 18.3 Å². The molecule has 0 aromatic heterocycles. The average molecular weight is 621 g/mol. The normalized spacial score (nSPS) is 38.5. The molecule has 44 heavy (non-hydrogen) atoms. The van der Waals surface area contributed by atoms with Crippen LogP contribution in [0, 0.1) is 52.3 Å². The van der Waals surface area contributed by atoms with Crippen LogP contribution in [-0.4, -0.2) is 60.5 Å². The van der Waals surface area contributed by atoms with Gasteiger partial charge < -0.3 is 24.1 Å². The molecule has 9 nitrogen and oxygen atoms in total. The SMILES string of the molecule is CC(=O)OCC(CCCC(C)[C@H]1CC[C@H]2[C@@H]3[C@H](OC(C)=O)C[C@H]4C[C@H](OC(C)=O)CCC4(C)[C@H]3C[C@H](O)C12C)COC(C)=O. The van der Waals surface area contributed by atoms with Gasteiger partial charge in [0.25, 0.3) is 0 Å². The Hall–Kier alpha value is -2.16. The molecule has 0 saturated heterocycles. The van der Waals surface area contributed by atoms with Crippen LogP contribution in [0.5, 0.6) is 0 Å². The Morgan fingerprint density at radius 2 is 1.43 bits per heavy atom. The molecule has 4 saturated carbocycles. The van der Waals surface area contributed by atoms with Gasteiger partial charge in [-0.2, -0.15) is 0 Å². The van der Waals surface area contributed by atoms with E-state index in [1.54, 1.807) is 0 Å². The van der Waals surface area contributed by atoms with Crippen LogP contribution in [0.25, 0.3) is 0 Å². The monoisotopic (exact) mass is 620 g/mol. The van der Waals surface area contributed by atoms with E-state index in [4.69, 9.17) is 18.9 Å². The molecular weight excluding hydrogens is 564 g/mol. The van der Waals surface area contributed by atoms with Gasteiger partial charge >= 0.3 is 23.9 Å². The Balaban J connectivity index is 1.48. The zero-order valence-electron chi connectivity index (χ0n) is 28.0. The molecule has 250 valence electrons. The second-order valence-corrected chi connectivity index (χ2v) is 15.1. The largest absolute Gasteiger partial charge is 0.465 e. The molecule has 0 aliphatic heterocycles. The molecule has 0 bridgehead atoms. The predicted octanol–water partition coefficient (Wildman–Crippen LogP) is 5.64. The maximum atomic E-state index is 12.4. The first kappa shape index (κ1) is 34.7. The van der Waals surface area contributed by atoms with E-state index in [1.807, 2.05) is 0 Å². The first-order valence-corrected chi connectivity index (χ1v) is 17.0. The van der Waals surface area contributed by atoms with Crippen molar-refractivity contribution < 1.29 is 43.2 Å². The molecule has 1 N–H and O–H groups in total. The third-order valence-corrected chi connectivity index (χ3v) is 12.4. The van der Waals surface area contributed by atoms with Crippen molar-refractivity contribution in [3.8, 4) is 0 Å². The molecule has 0 aromatic carbocycles. The Bertz CT molecular complexity index is 1040. The highest BCUT2D eigenvalue weighted by atomic mass is 16.6. The van der Waals surface area contributed by atoms with Crippen LogP contribution < -0.4 is 0 Å². The topological polar surface area (TPSA) is 125 Å². The lowest BCUT2D eigenvalue weighted by Crippen LogP contribution is -2.63. The molecule has 11 atom stereocenters. The lowest BCUT2D eigenvalue weighted by molar-refractivity contribution is -0.218. The predicted molar refractivity (Wildman–Crippen MR) is 163 cm³/mol. The van der Waals surface area contributed by atoms with Gasteiger partial charge in [0.1, 0.15) is 12.2 Å². The molecule has 3 unspecified atom stereocenters. The summed E-state index contributed by atoms with van der Waals surface area (Å²) in [4.78, 5) is 46.9. The fraction of sp³-hybridized carbons (Fsp3) is 0.886. The Morgan fingerprint density at radius 3 is 2.02 bits per heavy atom. The van der Waals surface area contributed by atoms with Crippen LogP contribution in [0.1, 0.15) is 113 Å². The highest BCUT2D eigenvalue weighted by Gasteiger charge is 2.66. The zero-order valence-corrected chi connectivity index (χ0v) is 28.0. The van der Waals surface area contributed by atoms with E-state index in [2.05, 4.69) is 20.8 Å². The molecule has 4 aliphatic rings. The van der Waals surface area contributed by atoms with Gasteiger partial charge in [0.2, 0.25) is 0 Å². The minimum absolute atomic E-state index is 0.00285. The number of carbonyl (C=O) groups is 4. The van der Waals surface area contributed by atoms with Gasteiger partial charge in [-0.25, -0.2) is 0 Å². The smallest absolute Gasteiger partial charge is 0.302 e. The highest BCUT2D eigenvalue weighted by molar-refractivity contribution is 5.67. The molecule has 4 fully saturated rings. The van der Waals surface area contributed by atoms with Crippen molar-refractivity contribution in [3.63, 3.8) is 0 Å². The summed E-state index contributed by atoms with van der Waals surface area (Å²) in [7, 11) is 0. The van der Waals surface area contributed by atoms with E-state index >= 15 is 0 Å². The second-order valence-electron chi connectivity index (χ2n) is 15.1. The fourth-order valence-corrected chi connectivity index (χ4v) is 10.4. The Morgan fingerprint density at radius 1 is 0.795 bits per heavy atom. The summed E-state index contributed by atoms with van der Waals surface area (Å²) in [6, 6.07) is 0. The minimum atomic E-state index is -0.441. The van der Waals surface area contributed by atoms with Crippen molar-refractivity contribution in [2.75, 3.05) is 13.2 Å². The Kier molecular flexibility index (Phi) is 11.1. The number of hydrogen-bond donors (Lipinski definition) is 1. The first-order chi connectivity index (χ1) is 20.7. The molecule has 0 radical (unpaired) electrons. The van der Waals surface area contributed by atoms with Crippen LogP contribution in [0.3, 0.4) is 0 Å². The third-order valence-electron chi connectivity index (χ3n) is 12.4. The van der Waals surface area contributed by atoms with Crippen molar-refractivity contribution in [2.24, 2.45) is 52.3 Å². The number of ether oxygens (including phenoxy) is 4.